The van der Waals surface area contributed by atoms with Crippen LogP contribution in [0.5, 0.6) is 0 Å². The van der Waals surface area contributed by atoms with Crippen molar-refractivity contribution in [3.63, 3.8) is 0 Å². The van der Waals surface area contributed by atoms with Gasteiger partial charge in [-0.15, -0.1) is 0 Å². The van der Waals surface area contributed by atoms with E-state index in [2.05, 4.69) is 6.07 Å². The molecule has 1 unspecified atom stereocenters. The van der Waals surface area contributed by atoms with E-state index in [4.69, 9.17) is 10.00 Å². The largest absolute Gasteiger partial charge is 0.465 e. The lowest BCUT2D eigenvalue weighted by atomic mass is 9.98. The number of hydrogen-bond acceptors (Lipinski definition) is 4. The highest BCUT2D eigenvalue weighted by atomic mass is 16.5. The predicted octanol–water partition coefficient (Wildman–Crippen LogP) is 2.21. The number of carbonyl (C=O) groups excluding carboxylic acids is 2. The highest BCUT2D eigenvalue weighted by Gasteiger charge is 2.12. The molecule has 0 aromatic heterocycles. The zero-order valence-corrected chi connectivity index (χ0v) is 10.3. The Morgan fingerprint density at radius 3 is 2.56 bits per heavy atom. The fourth-order valence-electron chi connectivity index (χ4n) is 1.54. The molecule has 0 spiro atoms. The molecule has 1 atom stereocenters. The molecular weight excluding hydrogens is 230 g/mol. The maximum absolute atomic E-state index is 11.1. The van der Waals surface area contributed by atoms with Gasteiger partial charge >= 0.3 is 5.97 Å². The van der Waals surface area contributed by atoms with Crippen LogP contribution in [0.2, 0.25) is 0 Å². The summed E-state index contributed by atoms with van der Waals surface area (Å²) in [5.74, 6) is -1.05. The molecule has 0 aliphatic rings. The van der Waals surface area contributed by atoms with Crippen molar-refractivity contribution in [1.82, 2.24) is 0 Å². The molecule has 4 nitrogen and oxygen atoms in total. The molecule has 1 aromatic rings. The predicted molar refractivity (Wildman–Crippen MR) is 65.7 cm³/mol. The molecule has 1 rings (SSSR count). The summed E-state index contributed by atoms with van der Waals surface area (Å²) < 4.78 is 4.90. The summed E-state index contributed by atoms with van der Waals surface area (Å²) in [6.45, 7) is 1.49. The van der Waals surface area contributed by atoms with Gasteiger partial charge in [0, 0.05) is 6.42 Å². The van der Waals surface area contributed by atoms with Gasteiger partial charge in [0.25, 0.3) is 0 Å². The number of hydrogen-bond donors (Lipinski definition) is 0. The second-order valence-corrected chi connectivity index (χ2v) is 3.98. The van der Waals surface area contributed by atoms with Crippen LogP contribution in [0.3, 0.4) is 0 Å². The summed E-state index contributed by atoms with van der Waals surface area (Å²) in [6.07, 6.45) is 0.229. The smallest absolute Gasteiger partial charge is 0.313 e. The van der Waals surface area contributed by atoms with Crippen LogP contribution in [0.15, 0.2) is 30.3 Å². The topological polar surface area (TPSA) is 67.2 Å². The first kappa shape index (κ1) is 13.9. The number of nitriles is 1. The van der Waals surface area contributed by atoms with Crippen molar-refractivity contribution in [2.45, 2.75) is 25.7 Å². The van der Waals surface area contributed by atoms with E-state index in [1.807, 2.05) is 30.3 Å². The lowest BCUT2D eigenvalue weighted by Gasteiger charge is -2.09. The first-order valence-electron chi connectivity index (χ1n) is 5.73. The van der Waals surface area contributed by atoms with Crippen LogP contribution in [0.4, 0.5) is 0 Å². The van der Waals surface area contributed by atoms with Gasteiger partial charge in [-0.25, -0.2) is 0 Å². The van der Waals surface area contributed by atoms with Gasteiger partial charge in [-0.3, -0.25) is 9.59 Å². The number of benzene rings is 1. The van der Waals surface area contributed by atoms with Crippen molar-refractivity contribution in [3.8, 4) is 6.07 Å². The summed E-state index contributed by atoms with van der Waals surface area (Å²) in [5.41, 5.74) is 0.905. The molecule has 0 saturated carbocycles. The summed E-state index contributed by atoms with van der Waals surface area (Å²) in [4.78, 5) is 21.8. The number of ether oxygens (including phenoxy) is 1. The van der Waals surface area contributed by atoms with Crippen LogP contribution in [0, 0.1) is 11.3 Å². The standard InChI is InChI=1S/C14H15NO3/c1-11(16)9-14(17)18-8-7-13(10-15)12-5-3-2-4-6-12/h2-6,13H,7-9H2,1H3. The van der Waals surface area contributed by atoms with Crippen molar-refractivity contribution in [2.75, 3.05) is 6.61 Å². The lowest BCUT2D eigenvalue weighted by molar-refractivity contribution is -0.145. The molecule has 0 radical (unpaired) electrons. The second-order valence-electron chi connectivity index (χ2n) is 3.98. The van der Waals surface area contributed by atoms with E-state index in [-0.39, 0.29) is 24.7 Å². The Hall–Kier alpha value is -2.15. The maximum Gasteiger partial charge on any atom is 0.313 e. The Balaban J connectivity index is 2.40. The first-order chi connectivity index (χ1) is 8.63. The van der Waals surface area contributed by atoms with Gasteiger partial charge in [0.05, 0.1) is 18.6 Å². The molecule has 0 aliphatic carbocycles. The van der Waals surface area contributed by atoms with Gasteiger partial charge in [0.2, 0.25) is 0 Å². The van der Waals surface area contributed by atoms with Crippen LogP contribution in [-0.2, 0) is 14.3 Å². The third kappa shape index (κ3) is 4.79. The Morgan fingerprint density at radius 1 is 1.33 bits per heavy atom. The van der Waals surface area contributed by atoms with Crippen molar-refractivity contribution < 1.29 is 14.3 Å². The SMILES string of the molecule is CC(=O)CC(=O)OCCC(C#N)c1ccccc1. The van der Waals surface area contributed by atoms with Gasteiger partial charge in [-0.1, -0.05) is 30.3 Å². The fraction of sp³-hybridized carbons (Fsp3) is 0.357. The molecule has 0 aliphatic heterocycles. The number of rotatable bonds is 6. The number of esters is 1. The summed E-state index contributed by atoms with van der Waals surface area (Å²) in [7, 11) is 0. The molecule has 0 heterocycles. The van der Waals surface area contributed by atoms with Gasteiger partial charge in [-0.2, -0.15) is 5.26 Å². The molecule has 0 N–H and O–H groups in total. The molecule has 1 aromatic carbocycles. The van der Waals surface area contributed by atoms with Crippen LogP contribution in [-0.4, -0.2) is 18.4 Å². The molecule has 0 amide bonds. The fourth-order valence-corrected chi connectivity index (χ4v) is 1.54. The van der Waals surface area contributed by atoms with E-state index in [1.165, 1.54) is 6.92 Å². The second kappa shape index (κ2) is 7.23. The van der Waals surface area contributed by atoms with E-state index in [9.17, 15) is 9.59 Å². The highest BCUT2D eigenvalue weighted by molar-refractivity contribution is 5.94. The average Bonchev–Trinajstić information content (AvgIpc) is 2.35. The van der Waals surface area contributed by atoms with Gasteiger partial charge in [0.1, 0.15) is 12.2 Å². The molecule has 18 heavy (non-hydrogen) atoms. The van der Waals surface area contributed by atoms with E-state index in [1.54, 1.807) is 0 Å². The average molecular weight is 245 g/mol. The number of ketones is 1. The third-order valence-electron chi connectivity index (χ3n) is 2.42. The summed E-state index contributed by atoms with van der Waals surface area (Å²) >= 11 is 0. The van der Waals surface area contributed by atoms with Crippen molar-refractivity contribution in [2.24, 2.45) is 0 Å². The minimum Gasteiger partial charge on any atom is -0.465 e. The maximum atomic E-state index is 11.1. The van der Waals surface area contributed by atoms with Crippen LogP contribution in [0.25, 0.3) is 0 Å². The van der Waals surface area contributed by atoms with E-state index in [0.717, 1.165) is 5.56 Å². The minimum absolute atomic E-state index is 0.152. The Kier molecular flexibility index (Phi) is 5.59. The van der Waals surface area contributed by atoms with Crippen molar-refractivity contribution in [3.05, 3.63) is 35.9 Å². The van der Waals surface area contributed by atoms with Crippen molar-refractivity contribution >= 4 is 11.8 Å². The monoisotopic (exact) mass is 245 g/mol. The Labute approximate surface area is 106 Å². The Morgan fingerprint density at radius 2 is 2.00 bits per heavy atom. The third-order valence-corrected chi connectivity index (χ3v) is 2.42. The molecule has 94 valence electrons. The Bertz CT molecular complexity index is 448. The van der Waals surface area contributed by atoms with Gasteiger partial charge < -0.3 is 4.74 Å². The zero-order valence-electron chi connectivity index (χ0n) is 10.3. The van der Waals surface area contributed by atoms with Crippen molar-refractivity contribution in [1.29, 1.82) is 5.26 Å². The minimum atomic E-state index is -0.535. The van der Waals surface area contributed by atoms with Crippen LogP contribution in [0.1, 0.15) is 31.2 Å². The summed E-state index contributed by atoms with van der Waals surface area (Å²) in [6, 6.07) is 11.5. The van der Waals surface area contributed by atoms with E-state index >= 15 is 0 Å². The number of Topliss-reactive ketones (excluding diaryl/α,β-unsaturated/α-hetero) is 1. The van der Waals surface area contributed by atoms with Gasteiger partial charge in [-0.05, 0) is 12.5 Å². The normalized spacial score (nSPS) is 11.3. The van der Waals surface area contributed by atoms with E-state index < -0.39 is 5.97 Å². The molecule has 4 heteroatoms. The summed E-state index contributed by atoms with van der Waals surface area (Å²) in [5, 5.41) is 9.05. The molecule has 0 fully saturated rings. The molecule has 0 saturated heterocycles. The van der Waals surface area contributed by atoms with Crippen LogP contribution < -0.4 is 0 Å². The molecule has 0 bridgehead atoms. The quantitative estimate of drug-likeness (QED) is 0.569. The van der Waals surface area contributed by atoms with Crippen LogP contribution >= 0.6 is 0 Å². The van der Waals surface area contributed by atoms with Gasteiger partial charge in [0.15, 0.2) is 0 Å². The lowest BCUT2D eigenvalue weighted by Crippen LogP contribution is -2.11. The molecular formula is C14H15NO3. The highest BCUT2D eigenvalue weighted by Crippen LogP contribution is 2.18. The first-order valence-corrected chi connectivity index (χ1v) is 5.73. The zero-order chi connectivity index (χ0) is 13.4. The number of nitrogens with zero attached hydrogens (tertiary/aromatic N) is 1. The number of carbonyl (C=O) groups is 2. The van der Waals surface area contributed by atoms with E-state index in [0.29, 0.717) is 6.42 Å².